The molecule has 0 bridgehead atoms. The standard InChI is InChI=1S/C14H14Cl2FNO3/c1-2-21-14(20)12-4-3-5-18(12)13(19)8-6-11(17)10(16)7-9(8)15/h6-7,12H,2-5H2,1H3. The Bertz CT molecular complexity index is 580. The Morgan fingerprint density at radius 3 is 2.76 bits per heavy atom. The Balaban J connectivity index is 2.27. The number of benzene rings is 1. The number of ether oxygens (including phenoxy) is 1. The van der Waals surface area contributed by atoms with Crippen molar-refractivity contribution in [1.82, 2.24) is 4.90 Å². The number of rotatable bonds is 3. The SMILES string of the molecule is CCOC(=O)C1CCCN1C(=O)c1cc(F)c(Cl)cc1Cl. The van der Waals surface area contributed by atoms with Gasteiger partial charge in [0.25, 0.3) is 5.91 Å². The van der Waals surface area contributed by atoms with E-state index in [1.54, 1.807) is 6.92 Å². The summed E-state index contributed by atoms with van der Waals surface area (Å²) < 4.78 is 18.5. The Labute approximate surface area is 131 Å². The zero-order valence-electron chi connectivity index (χ0n) is 11.4. The molecule has 1 aromatic carbocycles. The Kier molecular flexibility index (Phi) is 5.06. The lowest BCUT2D eigenvalue weighted by Crippen LogP contribution is -2.41. The average Bonchev–Trinajstić information content (AvgIpc) is 2.91. The molecule has 1 heterocycles. The monoisotopic (exact) mass is 333 g/mol. The van der Waals surface area contributed by atoms with E-state index >= 15 is 0 Å². The van der Waals surface area contributed by atoms with Crippen LogP contribution in [0.4, 0.5) is 4.39 Å². The van der Waals surface area contributed by atoms with Crippen molar-refractivity contribution >= 4 is 35.1 Å². The molecule has 1 aliphatic rings. The van der Waals surface area contributed by atoms with Gasteiger partial charge in [0, 0.05) is 6.54 Å². The third-order valence-electron chi connectivity index (χ3n) is 3.31. The number of hydrogen-bond donors (Lipinski definition) is 0. The van der Waals surface area contributed by atoms with Gasteiger partial charge in [-0.15, -0.1) is 0 Å². The quantitative estimate of drug-likeness (QED) is 0.629. The second-order valence-electron chi connectivity index (χ2n) is 4.65. The van der Waals surface area contributed by atoms with E-state index in [9.17, 15) is 14.0 Å². The first-order valence-electron chi connectivity index (χ1n) is 6.57. The summed E-state index contributed by atoms with van der Waals surface area (Å²) in [7, 11) is 0. The number of nitrogens with zero attached hydrogens (tertiary/aromatic N) is 1. The predicted molar refractivity (Wildman–Crippen MR) is 77.1 cm³/mol. The first-order valence-corrected chi connectivity index (χ1v) is 7.33. The fraction of sp³-hybridized carbons (Fsp3) is 0.429. The molecule has 114 valence electrons. The molecule has 0 aliphatic carbocycles. The van der Waals surface area contributed by atoms with E-state index in [2.05, 4.69) is 0 Å². The molecule has 0 spiro atoms. The fourth-order valence-electron chi connectivity index (χ4n) is 2.33. The minimum atomic E-state index is -0.726. The highest BCUT2D eigenvalue weighted by molar-refractivity contribution is 6.36. The molecule has 1 amide bonds. The number of likely N-dealkylation sites (tertiary alicyclic amines) is 1. The normalized spacial score (nSPS) is 17.9. The van der Waals surface area contributed by atoms with Crippen molar-refractivity contribution in [3.63, 3.8) is 0 Å². The topological polar surface area (TPSA) is 46.6 Å². The number of esters is 1. The third kappa shape index (κ3) is 3.30. The van der Waals surface area contributed by atoms with Gasteiger partial charge in [0.1, 0.15) is 11.9 Å². The van der Waals surface area contributed by atoms with E-state index in [0.29, 0.717) is 19.4 Å². The molecule has 7 heteroatoms. The number of carbonyl (C=O) groups is 2. The number of halogens is 3. The Morgan fingerprint density at radius 1 is 1.38 bits per heavy atom. The van der Waals surface area contributed by atoms with Crippen LogP contribution in [0.1, 0.15) is 30.1 Å². The molecule has 0 aromatic heterocycles. The molecular weight excluding hydrogens is 320 g/mol. The van der Waals surface area contributed by atoms with E-state index < -0.39 is 23.7 Å². The summed E-state index contributed by atoms with van der Waals surface area (Å²) >= 11 is 11.6. The second kappa shape index (κ2) is 6.62. The molecule has 1 fully saturated rings. The summed E-state index contributed by atoms with van der Waals surface area (Å²) in [4.78, 5) is 25.7. The van der Waals surface area contributed by atoms with Crippen LogP contribution in [-0.2, 0) is 9.53 Å². The van der Waals surface area contributed by atoms with Crippen LogP contribution in [0.5, 0.6) is 0 Å². The van der Waals surface area contributed by atoms with Gasteiger partial charge in [-0.25, -0.2) is 9.18 Å². The minimum Gasteiger partial charge on any atom is -0.464 e. The molecule has 0 saturated carbocycles. The molecular formula is C14H14Cl2FNO3. The molecule has 1 aromatic rings. The maximum Gasteiger partial charge on any atom is 0.328 e. The predicted octanol–water partition coefficient (Wildman–Crippen LogP) is 3.30. The summed E-state index contributed by atoms with van der Waals surface area (Å²) in [6.07, 6.45) is 1.21. The lowest BCUT2D eigenvalue weighted by Gasteiger charge is -2.23. The molecule has 1 saturated heterocycles. The molecule has 0 radical (unpaired) electrons. The van der Waals surface area contributed by atoms with E-state index in [4.69, 9.17) is 27.9 Å². The molecule has 21 heavy (non-hydrogen) atoms. The van der Waals surface area contributed by atoms with E-state index in [1.807, 2.05) is 0 Å². The number of hydrogen-bond acceptors (Lipinski definition) is 3. The summed E-state index contributed by atoms with van der Waals surface area (Å²) in [5.74, 6) is -1.67. The average molecular weight is 334 g/mol. The maximum atomic E-state index is 13.5. The number of carbonyl (C=O) groups excluding carboxylic acids is 2. The van der Waals surface area contributed by atoms with Gasteiger partial charge in [-0.05, 0) is 31.9 Å². The van der Waals surface area contributed by atoms with E-state index in [1.165, 1.54) is 11.0 Å². The van der Waals surface area contributed by atoms with Crippen molar-refractivity contribution < 1.29 is 18.7 Å². The Morgan fingerprint density at radius 2 is 2.10 bits per heavy atom. The lowest BCUT2D eigenvalue weighted by molar-refractivity contribution is -0.147. The molecule has 1 atom stereocenters. The van der Waals surface area contributed by atoms with Gasteiger partial charge >= 0.3 is 5.97 Å². The van der Waals surface area contributed by atoms with Gasteiger partial charge in [0.05, 0.1) is 22.2 Å². The first kappa shape index (κ1) is 16.0. The summed E-state index contributed by atoms with van der Waals surface area (Å²) in [5, 5.41) is -0.0965. The van der Waals surface area contributed by atoms with Gasteiger partial charge in [0.2, 0.25) is 0 Å². The highest BCUT2D eigenvalue weighted by atomic mass is 35.5. The van der Waals surface area contributed by atoms with Crippen LogP contribution in [0.15, 0.2) is 12.1 Å². The number of amides is 1. The van der Waals surface area contributed by atoms with E-state index in [-0.39, 0.29) is 22.2 Å². The van der Waals surface area contributed by atoms with Gasteiger partial charge in [0.15, 0.2) is 0 Å². The van der Waals surface area contributed by atoms with Crippen LogP contribution in [0.2, 0.25) is 10.0 Å². The van der Waals surface area contributed by atoms with Crippen LogP contribution < -0.4 is 0 Å². The first-order chi connectivity index (χ1) is 9.95. The van der Waals surface area contributed by atoms with Crippen LogP contribution in [0.25, 0.3) is 0 Å². The van der Waals surface area contributed by atoms with Gasteiger partial charge < -0.3 is 9.64 Å². The zero-order valence-corrected chi connectivity index (χ0v) is 12.9. The van der Waals surface area contributed by atoms with Crippen LogP contribution in [0.3, 0.4) is 0 Å². The molecule has 2 rings (SSSR count). The maximum absolute atomic E-state index is 13.5. The van der Waals surface area contributed by atoms with Gasteiger partial charge in [-0.2, -0.15) is 0 Å². The smallest absolute Gasteiger partial charge is 0.328 e. The van der Waals surface area contributed by atoms with Crippen molar-refractivity contribution in [3.8, 4) is 0 Å². The molecule has 1 unspecified atom stereocenters. The van der Waals surface area contributed by atoms with Gasteiger partial charge in [-0.3, -0.25) is 4.79 Å². The van der Waals surface area contributed by atoms with Crippen molar-refractivity contribution in [2.45, 2.75) is 25.8 Å². The largest absolute Gasteiger partial charge is 0.464 e. The molecule has 1 aliphatic heterocycles. The third-order valence-corrected chi connectivity index (χ3v) is 3.92. The van der Waals surface area contributed by atoms with E-state index in [0.717, 1.165) is 6.07 Å². The van der Waals surface area contributed by atoms with Crippen molar-refractivity contribution in [1.29, 1.82) is 0 Å². The molecule has 0 N–H and O–H groups in total. The summed E-state index contributed by atoms with van der Waals surface area (Å²) in [5.41, 5.74) is -0.00485. The summed E-state index contributed by atoms with van der Waals surface area (Å²) in [6, 6.07) is 1.53. The van der Waals surface area contributed by atoms with Crippen molar-refractivity contribution in [2.24, 2.45) is 0 Å². The van der Waals surface area contributed by atoms with Gasteiger partial charge in [-0.1, -0.05) is 23.2 Å². The highest BCUT2D eigenvalue weighted by Gasteiger charge is 2.36. The fourth-order valence-corrected chi connectivity index (χ4v) is 2.80. The minimum absolute atomic E-state index is 0.00485. The zero-order chi connectivity index (χ0) is 15.6. The van der Waals surface area contributed by atoms with Crippen molar-refractivity contribution in [3.05, 3.63) is 33.6 Å². The van der Waals surface area contributed by atoms with Crippen molar-refractivity contribution in [2.75, 3.05) is 13.2 Å². The highest BCUT2D eigenvalue weighted by Crippen LogP contribution is 2.28. The summed E-state index contributed by atoms with van der Waals surface area (Å²) in [6.45, 7) is 2.35. The Hall–Kier alpha value is -1.33. The van der Waals surface area contributed by atoms with Crippen LogP contribution in [0, 0.1) is 5.82 Å². The molecule has 4 nitrogen and oxygen atoms in total. The second-order valence-corrected chi connectivity index (χ2v) is 5.47. The lowest BCUT2D eigenvalue weighted by atomic mass is 10.1. The van der Waals surface area contributed by atoms with Crippen LogP contribution in [-0.4, -0.2) is 36.0 Å². The van der Waals surface area contributed by atoms with Crippen LogP contribution >= 0.6 is 23.2 Å².